The minimum atomic E-state index is -1.20. The van der Waals surface area contributed by atoms with Gasteiger partial charge in [-0.1, -0.05) is 61.5 Å². The topological polar surface area (TPSA) is 0 Å². The molecular weight excluding hydrogens is 191 g/mol. The summed E-state index contributed by atoms with van der Waals surface area (Å²) in [6.07, 6.45) is 6.75. The average Bonchev–Trinajstić information content (AvgIpc) is 2.72. The van der Waals surface area contributed by atoms with E-state index in [0.29, 0.717) is 0 Å². The van der Waals surface area contributed by atoms with Gasteiger partial charge >= 0.3 is 18.9 Å². The summed E-state index contributed by atoms with van der Waals surface area (Å²) < 4.78 is 0. The summed E-state index contributed by atoms with van der Waals surface area (Å²) >= 11 is 0. The van der Waals surface area contributed by atoms with Crippen LogP contribution in [0.1, 0.15) is 19.3 Å². The second-order valence-electron chi connectivity index (χ2n) is 4.86. The van der Waals surface area contributed by atoms with Crippen molar-refractivity contribution in [2.24, 2.45) is 0 Å². The molecule has 1 unspecified atom stereocenters. The molecule has 1 atom stereocenters. The normalized spacial score (nSPS) is 21.1. The van der Waals surface area contributed by atoms with Crippen LogP contribution >= 0.6 is 0 Å². The molecule has 2 heteroatoms. The molecule has 0 aliphatic heterocycles. The predicted molar refractivity (Wildman–Crippen MR) is 65.5 cm³/mol. The van der Waals surface area contributed by atoms with Crippen LogP contribution < -0.4 is 24.0 Å². The maximum atomic E-state index is 2.57. The predicted octanol–water partition coefficient (Wildman–Crippen LogP) is 0.364. The van der Waals surface area contributed by atoms with Crippen LogP contribution in [0.5, 0.6) is 0 Å². The van der Waals surface area contributed by atoms with Gasteiger partial charge in [0.1, 0.15) is 0 Å². The standard InChI is InChI=1S/C13H19Si.Li/c1-14(2,13-10-6-7-11-13)12-8-4-3-5-9-12;/h3-5,8-10,13H,6-7,11H2,1-2H3;/q-1;+1. The van der Waals surface area contributed by atoms with Crippen molar-refractivity contribution in [2.75, 3.05) is 0 Å². The van der Waals surface area contributed by atoms with Gasteiger partial charge in [0, 0.05) is 0 Å². The summed E-state index contributed by atoms with van der Waals surface area (Å²) in [5.41, 5.74) is 0.907. The van der Waals surface area contributed by atoms with E-state index in [-0.39, 0.29) is 18.9 Å². The van der Waals surface area contributed by atoms with Crippen molar-refractivity contribution < 1.29 is 18.9 Å². The Balaban J connectivity index is 0.00000112. The Morgan fingerprint density at radius 1 is 1.20 bits per heavy atom. The van der Waals surface area contributed by atoms with Gasteiger partial charge in [-0.15, -0.1) is 0 Å². The fourth-order valence-electron chi connectivity index (χ4n) is 2.51. The SMILES string of the molecule is C[Si](C)(c1ccccc1)C1[CH-]CCC1.[Li+]. The molecule has 0 radical (unpaired) electrons. The molecular formula is C13H19LiSi. The molecule has 1 fully saturated rings. The van der Waals surface area contributed by atoms with Crippen LogP contribution in [0.3, 0.4) is 0 Å². The minimum Gasteiger partial charge on any atom is -0.328 e. The number of rotatable bonds is 2. The molecule has 0 heterocycles. The van der Waals surface area contributed by atoms with Gasteiger partial charge in [0.15, 0.2) is 0 Å². The molecule has 2 rings (SSSR count). The largest absolute Gasteiger partial charge is 1.00 e. The van der Waals surface area contributed by atoms with E-state index in [2.05, 4.69) is 49.8 Å². The molecule has 0 bridgehead atoms. The van der Waals surface area contributed by atoms with Gasteiger partial charge < -0.3 is 6.42 Å². The first-order chi connectivity index (χ1) is 6.71. The molecule has 0 spiro atoms. The van der Waals surface area contributed by atoms with Crippen LogP contribution in [0, 0.1) is 6.42 Å². The molecule has 1 aliphatic carbocycles. The molecule has 0 N–H and O–H groups in total. The van der Waals surface area contributed by atoms with E-state index in [0.717, 1.165) is 5.54 Å². The first-order valence-electron chi connectivity index (χ1n) is 5.60. The van der Waals surface area contributed by atoms with E-state index < -0.39 is 8.07 Å². The van der Waals surface area contributed by atoms with E-state index >= 15 is 0 Å². The third kappa shape index (κ3) is 2.78. The Morgan fingerprint density at radius 3 is 2.40 bits per heavy atom. The number of hydrogen-bond acceptors (Lipinski definition) is 0. The van der Waals surface area contributed by atoms with Crippen LogP contribution in [-0.4, -0.2) is 8.07 Å². The quantitative estimate of drug-likeness (QED) is 0.488. The van der Waals surface area contributed by atoms with Crippen molar-refractivity contribution in [2.45, 2.75) is 37.9 Å². The molecule has 0 nitrogen and oxygen atoms in total. The van der Waals surface area contributed by atoms with Gasteiger partial charge in [0.2, 0.25) is 0 Å². The molecule has 1 aromatic rings. The summed E-state index contributed by atoms with van der Waals surface area (Å²) in [6.45, 7) is 5.02. The monoisotopic (exact) mass is 210 g/mol. The Bertz CT molecular complexity index is 289. The van der Waals surface area contributed by atoms with Crippen LogP contribution in [0.15, 0.2) is 30.3 Å². The third-order valence-corrected chi connectivity index (χ3v) is 7.81. The molecule has 15 heavy (non-hydrogen) atoms. The van der Waals surface area contributed by atoms with Crippen molar-refractivity contribution in [3.05, 3.63) is 36.8 Å². The van der Waals surface area contributed by atoms with Crippen LogP contribution in [0.2, 0.25) is 18.6 Å². The fourth-order valence-corrected chi connectivity index (χ4v) is 5.67. The van der Waals surface area contributed by atoms with Gasteiger partial charge in [-0.25, -0.2) is 0 Å². The molecule has 1 aromatic carbocycles. The first-order valence-corrected chi connectivity index (χ1v) is 8.68. The van der Waals surface area contributed by atoms with E-state index in [1.165, 1.54) is 19.3 Å². The zero-order valence-electron chi connectivity index (χ0n) is 10.2. The van der Waals surface area contributed by atoms with Crippen molar-refractivity contribution in [3.8, 4) is 0 Å². The third-order valence-electron chi connectivity index (χ3n) is 3.62. The maximum Gasteiger partial charge on any atom is 1.00 e. The zero-order valence-corrected chi connectivity index (χ0v) is 11.2. The fraction of sp³-hybridized carbons (Fsp3) is 0.462. The second-order valence-corrected chi connectivity index (χ2v) is 9.62. The van der Waals surface area contributed by atoms with Crippen molar-refractivity contribution in [1.82, 2.24) is 0 Å². The Labute approximate surface area is 107 Å². The van der Waals surface area contributed by atoms with Gasteiger partial charge in [0.05, 0.1) is 8.07 Å². The number of hydrogen-bond donors (Lipinski definition) is 0. The molecule has 0 saturated heterocycles. The van der Waals surface area contributed by atoms with Gasteiger partial charge in [0.25, 0.3) is 0 Å². The van der Waals surface area contributed by atoms with E-state index in [1.54, 1.807) is 5.19 Å². The minimum absolute atomic E-state index is 0. The summed E-state index contributed by atoms with van der Waals surface area (Å²) in [6, 6.07) is 11.1. The van der Waals surface area contributed by atoms with Gasteiger partial charge in [-0.2, -0.15) is 12.0 Å². The molecule has 1 aliphatic rings. The molecule has 1 saturated carbocycles. The van der Waals surface area contributed by atoms with E-state index in [1.807, 2.05) is 0 Å². The molecule has 0 amide bonds. The second kappa shape index (κ2) is 5.39. The van der Waals surface area contributed by atoms with E-state index in [9.17, 15) is 0 Å². The van der Waals surface area contributed by atoms with E-state index in [4.69, 9.17) is 0 Å². The van der Waals surface area contributed by atoms with Crippen LogP contribution in [-0.2, 0) is 0 Å². The maximum absolute atomic E-state index is 2.57. The Kier molecular flexibility index (Phi) is 4.71. The Hall–Kier alpha value is 0.0343. The van der Waals surface area contributed by atoms with Gasteiger partial charge in [-0.05, 0) is 0 Å². The smallest absolute Gasteiger partial charge is 0.328 e. The average molecular weight is 210 g/mol. The zero-order chi connectivity index (χ0) is 10.0. The number of benzene rings is 1. The molecule has 0 aromatic heterocycles. The first kappa shape index (κ1) is 13.1. The van der Waals surface area contributed by atoms with Crippen LogP contribution in [0.25, 0.3) is 0 Å². The van der Waals surface area contributed by atoms with Gasteiger partial charge in [-0.3, -0.25) is 0 Å². The summed E-state index contributed by atoms with van der Waals surface area (Å²) in [5, 5.41) is 1.61. The van der Waals surface area contributed by atoms with Crippen molar-refractivity contribution >= 4 is 13.3 Å². The summed E-state index contributed by atoms with van der Waals surface area (Å²) in [5.74, 6) is 0. The summed E-state index contributed by atoms with van der Waals surface area (Å²) in [4.78, 5) is 0. The van der Waals surface area contributed by atoms with Crippen molar-refractivity contribution in [1.29, 1.82) is 0 Å². The van der Waals surface area contributed by atoms with Crippen molar-refractivity contribution in [3.63, 3.8) is 0 Å². The summed E-state index contributed by atoms with van der Waals surface area (Å²) in [7, 11) is -1.20. The van der Waals surface area contributed by atoms with Crippen LogP contribution in [0.4, 0.5) is 0 Å². The molecule has 76 valence electrons. The Morgan fingerprint density at radius 2 is 1.87 bits per heavy atom.